The molecule has 0 aliphatic rings. The van der Waals surface area contributed by atoms with E-state index in [1.807, 2.05) is 12.1 Å². The smallest absolute Gasteiger partial charge is 0.159 e. The lowest BCUT2D eigenvalue weighted by atomic mass is 10.0. The first-order valence-corrected chi connectivity index (χ1v) is 16.7. The average molecular weight is 627 g/mol. The zero-order chi connectivity index (χ0) is 32.3. The largest absolute Gasteiger partial charge is 0.454 e. The Kier molecular flexibility index (Phi) is 6.18. The van der Waals surface area contributed by atoms with Crippen molar-refractivity contribution in [3.8, 4) is 16.8 Å². The number of benzene rings is 8. The Labute approximate surface area is 283 Å². The van der Waals surface area contributed by atoms with Gasteiger partial charge in [-0.2, -0.15) is 0 Å². The Morgan fingerprint density at radius 2 is 1.06 bits per heavy atom. The molecule has 0 amide bonds. The second-order valence-corrected chi connectivity index (χ2v) is 12.6. The summed E-state index contributed by atoms with van der Waals surface area (Å²) in [5.41, 5.74) is 10.8. The number of fused-ring (bicyclic) bond motifs is 7. The number of furan rings is 1. The van der Waals surface area contributed by atoms with Gasteiger partial charge in [0.1, 0.15) is 5.58 Å². The first kappa shape index (κ1) is 27.5. The Morgan fingerprint density at radius 1 is 0.388 bits per heavy atom. The normalized spacial score (nSPS) is 11.7. The van der Waals surface area contributed by atoms with Crippen LogP contribution in [-0.4, -0.2) is 4.57 Å². The van der Waals surface area contributed by atoms with Crippen LogP contribution >= 0.6 is 0 Å². The van der Waals surface area contributed by atoms with Gasteiger partial charge in [0.05, 0.1) is 16.7 Å². The highest BCUT2D eigenvalue weighted by molar-refractivity contribution is 6.13. The van der Waals surface area contributed by atoms with Gasteiger partial charge < -0.3 is 13.9 Å². The second kappa shape index (κ2) is 11.0. The molecule has 0 saturated heterocycles. The highest BCUT2D eigenvalue weighted by Crippen LogP contribution is 2.41. The van der Waals surface area contributed by atoms with E-state index in [1.54, 1.807) is 0 Å². The SMILES string of the molecule is c1ccc(N(c2cccc(-c3ccc4c(c3)c3ccccc3n4-c3cccc4c3oc3ccccc34)c2)c2ccc3ccccc3c2)cc1. The lowest BCUT2D eigenvalue weighted by Crippen LogP contribution is -2.09. The van der Waals surface area contributed by atoms with Gasteiger partial charge in [0, 0.05) is 38.6 Å². The molecule has 0 aliphatic carbocycles. The number of rotatable bonds is 5. The summed E-state index contributed by atoms with van der Waals surface area (Å²) in [5, 5.41) is 7.14. The molecule has 230 valence electrons. The van der Waals surface area contributed by atoms with Gasteiger partial charge in [0.25, 0.3) is 0 Å². The molecule has 8 aromatic carbocycles. The van der Waals surface area contributed by atoms with Gasteiger partial charge in [0.15, 0.2) is 5.58 Å². The monoisotopic (exact) mass is 626 g/mol. The predicted molar refractivity (Wildman–Crippen MR) is 206 cm³/mol. The Hall–Kier alpha value is -6.58. The first-order valence-electron chi connectivity index (χ1n) is 16.7. The van der Waals surface area contributed by atoms with Gasteiger partial charge in [-0.05, 0) is 88.6 Å². The van der Waals surface area contributed by atoms with Crippen LogP contribution in [0.15, 0.2) is 186 Å². The van der Waals surface area contributed by atoms with Crippen molar-refractivity contribution in [2.24, 2.45) is 0 Å². The molecule has 0 fully saturated rings. The molecule has 3 nitrogen and oxygen atoms in total. The van der Waals surface area contributed by atoms with Gasteiger partial charge in [-0.15, -0.1) is 0 Å². The van der Waals surface area contributed by atoms with Crippen molar-refractivity contribution in [3.63, 3.8) is 0 Å². The minimum Gasteiger partial charge on any atom is -0.454 e. The minimum atomic E-state index is 0.901. The standard InChI is InChI=1S/C46H30N2O/c1-2-15-35(16-3-1)47(37-26-24-31-12-4-5-13-32(31)28-37)36-17-10-14-33(29-36)34-25-27-43-41(30-34)38-18-6-8-21-42(38)48(43)44-22-11-20-40-39-19-7-9-23-45(39)49-46(40)44/h1-30H. The summed E-state index contributed by atoms with van der Waals surface area (Å²) in [6.45, 7) is 0. The molecule has 10 aromatic rings. The summed E-state index contributed by atoms with van der Waals surface area (Å²) in [4.78, 5) is 2.34. The molecule has 0 spiro atoms. The fourth-order valence-electron chi connectivity index (χ4n) is 7.49. The van der Waals surface area contributed by atoms with E-state index in [1.165, 1.54) is 27.1 Å². The third-order valence-electron chi connectivity index (χ3n) is 9.74. The van der Waals surface area contributed by atoms with E-state index in [-0.39, 0.29) is 0 Å². The average Bonchev–Trinajstić information content (AvgIpc) is 3.71. The molecule has 0 atom stereocenters. The van der Waals surface area contributed by atoms with Crippen LogP contribution in [0.1, 0.15) is 0 Å². The van der Waals surface area contributed by atoms with E-state index in [0.717, 1.165) is 61.3 Å². The van der Waals surface area contributed by atoms with Crippen LogP contribution in [0.25, 0.3) is 71.3 Å². The molecule has 49 heavy (non-hydrogen) atoms. The summed E-state index contributed by atoms with van der Waals surface area (Å²) in [6, 6.07) is 65.0. The number of hydrogen-bond donors (Lipinski definition) is 0. The molecular formula is C46H30N2O. The van der Waals surface area contributed by atoms with Gasteiger partial charge >= 0.3 is 0 Å². The van der Waals surface area contributed by atoms with Crippen LogP contribution in [0, 0.1) is 0 Å². The molecule has 2 heterocycles. The predicted octanol–water partition coefficient (Wildman–Crippen LogP) is 13.0. The Morgan fingerprint density at radius 3 is 1.98 bits per heavy atom. The summed E-state index contributed by atoms with van der Waals surface area (Å²) in [7, 11) is 0. The van der Waals surface area contributed by atoms with Crippen molar-refractivity contribution in [2.45, 2.75) is 0 Å². The second-order valence-electron chi connectivity index (χ2n) is 12.6. The van der Waals surface area contributed by atoms with Crippen LogP contribution < -0.4 is 4.90 Å². The maximum Gasteiger partial charge on any atom is 0.159 e. The first-order chi connectivity index (χ1) is 24.3. The molecule has 3 heteroatoms. The van der Waals surface area contributed by atoms with Crippen LogP contribution in [-0.2, 0) is 0 Å². The lowest BCUT2D eigenvalue weighted by Gasteiger charge is -2.26. The number of para-hydroxylation sites is 4. The third-order valence-corrected chi connectivity index (χ3v) is 9.74. The van der Waals surface area contributed by atoms with Crippen LogP contribution in [0.5, 0.6) is 0 Å². The van der Waals surface area contributed by atoms with E-state index in [0.29, 0.717) is 0 Å². The van der Waals surface area contributed by atoms with Crippen molar-refractivity contribution in [1.29, 1.82) is 0 Å². The van der Waals surface area contributed by atoms with Gasteiger partial charge in [0.2, 0.25) is 0 Å². The molecule has 0 N–H and O–H groups in total. The molecule has 0 unspecified atom stereocenters. The number of hydrogen-bond acceptors (Lipinski definition) is 2. The zero-order valence-corrected chi connectivity index (χ0v) is 26.6. The van der Waals surface area contributed by atoms with Crippen LogP contribution in [0.4, 0.5) is 17.1 Å². The van der Waals surface area contributed by atoms with Crippen molar-refractivity contribution < 1.29 is 4.42 Å². The lowest BCUT2D eigenvalue weighted by molar-refractivity contribution is 0.666. The molecule has 2 aromatic heterocycles. The van der Waals surface area contributed by atoms with Crippen molar-refractivity contribution in [1.82, 2.24) is 4.57 Å². The number of aromatic nitrogens is 1. The highest BCUT2D eigenvalue weighted by Gasteiger charge is 2.19. The van der Waals surface area contributed by atoms with Crippen molar-refractivity contribution in [3.05, 3.63) is 182 Å². The Balaban J connectivity index is 1.14. The number of nitrogens with zero attached hydrogens (tertiary/aromatic N) is 2. The summed E-state index contributed by atoms with van der Waals surface area (Å²) >= 11 is 0. The minimum absolute atomic E-state index is 0.901. The van der Waals surface area contributed by atoms with Gasteiger partial charge in [-0.3, -0.25) is 0 Å². The van der Waals surface area contributed by atoms with E-state index in [4.69, 9.17) is 4.42 Å². The molecule has 0 radical (unpaired) electrons. The highest BCUT2D eigenvalue weighted by atomic mass is 16.3. The number of anilines is 3. The van der Waals surface area contributed by atoms with Crippen molar-refractivity contribution in [2.75, 3.05) is 4.90 Å². The summed E-state index contributed by atoms with van der Waals surface area (Å²) in [5.74, 6) is 0. The fraction of sp³-hybridized carbons (Fsp3) is 0. The van der Waals surface area contributed by atoms with Gasteiger partial charge in [-0.1, -0.05) is 115 Å². The summed E-state index contributed by atoms with van der Waals surface area (Å²) < 4.78 is 8.86. The maximum absolute atomic E-state index is 6.50. The van der Waals surface area contributed by atoms with E-state index in [9.17, 15) is 0 Å². The molecular weight excluding hydrogens is 597 g/mol. The van der Waals surface area contributed by atoms with Crippen LogP contribution in [0.2, 0.25) is 0 Å². The molecule has 0 saturated carbocycles. The molecule has 0 bridgehead atoms. The van der Waals surface area contributed by atoms with Gasteiger partial charge in [-0.25, -0.2) is 0 Å². The molecule has 0 aliphatic heterocycles. The zero-order valence-electron chi connectivity index (χ0n) is 26.6. The topological polar surface area (TPSA) is 21.3 Å². The van der Waals surface area contributed by atoms with Crippen LogP contribution in [0.3, 0.4) is 0 Å². The van der Waals surface area contributed by atoms with Crippen molar-refractivity contribution >= 4 is 71.6 Å². The fourth-order valence-corrected chi connectivity index (χ4v) is 7.49. The quantitative estimate of drug-likeness (QED) is 0.190. The third kappa shape index (κ3) is 4.44. The van der Waals surface area contributed by atoms with E-state index < -0.39 is 0 Å². The summed E-state index contributed by atoms with van der Waals surface area (Å²) in [6.07, 6.45) is 0. The van der Waals surface area contributed by atoms with E-state index >= 15 is 0 Å². The Bertz CT molecular complexity index is 2840. The van der Waals surface area contributed by atoms with E-state index in [2.05, 4.69) is 179 Å². The molecule has 10 rings (SSSR count). The maximum atomic E-state index is 6.50.